The predicted molar refractivity (Wildman–Crippen MR) is 114 cm³/mol. The third kappa shape index (κ3) is 5.36. The van der Waals surface area contributed by atoms with Crippen molar-refractivity contribution in [2.75, 3.05) is 11.8 Å². The minimum atomic E-state index is -4.24. The fourth-order valence-electron chi connectivity index (χ4n) is 2.86. The number of non-ortho nitro benzene ring substituents is 1. The Bertz CT molecular complexity index is 1330. The van der Waals surface area contributed by atoms with E-state index in [4.69, 9.17) is 9.15 Å². The molecule has 12 heteroatoms. The number of hydrogen-bond donors (Lipinski definition) is 1. The van der Waals surface area contributed by atoms with Crippen LogP contribution in [-0.4, -0.2) is 32.4 Å². The predicted octanol–water partition coefficient (Wildman–Crippen LogP) is 3.44. The van der Waals surface area contributed by atoms with E-state index in [2.05, 4.69) is 9.46 Å². The Balaban J connectivity index is 1.79. The Morgan fingerprint density at radius 1 is 1.06 bits per heavy atom. The van der Waals surface area contributed by atoms with Gasteiger partial charge in [0.05, 0.1) is 28.2 Å². The monoisotopic (exact) mass is 474 g/mol. The van der Waals surface area contributed by atoms with Crippen LogP contribution < -0.4 is 4.72 Å². The lowest BCUT2D eigenvalue weighted by atomic mass is 10.2. The zero-order valence-corrected chi connectivity index (χ0v) is 18.2. The van der Waals surface area contributed by atoms with Crippen molar-refractivity contribution in [3.05, 3.63) is 87.4 Å². The highest BCUT2D eigenvalue weighted by molar-refractivity contribution is 7.92. The highest BCUT2D eigenvalue weighted by Crippen LogP contribution is 2.24. The van der Waals surface area contributed by atoms with Crippen LogP contribution in [0.15, 0.2) is 63.9 Å². The van der Waals surface area contributed by atoms with E-state index in [1.807, 2.05) is 0 Å². The van der Waals surface area contributed by atoms with Crippen molar-refractivity contribution in [2.45, 2.75) is 18.4 Å². The van der Waals surface area contributed by atoms with E-state index < -0.39 is 32.6 Å². The van der Waals surface area contributed by atoms with Gasteiger partial charge in [0.25, 0.3) is 15.7 Å². The number of nitrogens with one attached hydrogen (secondary N) is 1. The molecule has 0 fully saturated rings. The Morgan fingerprint density at radius 3 is 2.48 bits per heavy atom. The molecule has 1 heterocycles. The quantitative estimate of drug-likeness (QED) is 0.293. The van der Waals surface area contributed by atoms with Gasteiger partial charge in [-0.25, -0.2) is 18.0 Å². The molecule has 0 atom stereocenters. The van der Waals surface area contributed by atoms with Gasteiger partial charge in [-0.15, -0.1) is 0 Å². The molecule has 1 aromatic heterocycles. The van der Waals surface area contributed by atoms with Gasteiger partial charge in [-0.3, -0.25) is 14.8 Å². The summed E-state index contributed by atoms with van der Waals surface area (Å²) in [7, 11) is -3.02. The van der Waals surface area contributed by atoms with Crippen molar-refractivity contribution in [1.82, 2.24) is 0 Å². The molecule has 0 amide bonds. The molecule has 0 aliphatic rings. The van der Waals surface area contributed by atoms with Gasteiger partial charge in [0.1, 0.15) is 23.7 Å². The normalized spacial score (nSPS) is 11.0. The standard InChI is InChI=1S/C21H18N2O9S/c1-13-18(20(24)30-2)11-15(32-13)12-31-21(25)17-8-3-4-9-19(17)22-33(28,29)16-7-5-6-14(10-16)23(26)27/h3-11,22H,12H2,1-2H3. The Kier molecular flexibility index (Phi) is 6.78. The molecule has 0 aliphatic heterocycles. The Labute approximate surface area is 188 Å². The molecule has 33 heavy (non-hydrogen) atoms. The summed E-state index contributed by atoms with van der Waals surface area (Å²) in [6.45, 7) is 1.23. The summed E-state index contributed by atoms with van der Waals surface area (Å²) in [6.07, 6.45) is 0. The summed E-state index contributed by atoms with van der Waals surface area (Å²) in [6, 6.07) is 11.6. The second kappa shape index (κ2) is 9.53. The van der Waals surface area contributed by atoms with Gasteiger partial charge in [0.2, 0.25) is 0 Å². The fraction of sp³-hybridized carbons (Fsp3) is 0.143. The molecule has 2 aromatic carbocycles. The summed E-state index contributed by atoms with van der Waals surface area (Å²) in [5, 5.41) is 10.9. The molecule has 3 rings (SSSR count). The van der Waals surface area contributed by atoms with E-state index in [1.165, 1.54) is 49.6 Å². The topological polar surface area (TPSA) is 155 Å². The summed E-state index contributed by atoms with van der Waals surface area (Å²) >= 11 is 0. The van der Waals surface area contributed by atoms with Crippen LogP contribution in [0.25, 0.3) is 0 Å². The van der Waals surface area contributed by atoms with Crippen LogP contribution in [0.5, 0.6) is 0 Å². The van der Waals surface area contributed by atoms with Crippen molar-refractivity contribution in [3.63, 3.8) is 0 Å². The molecule has 0 spiro atoms. The minimum absolute atomic E-state index is 0.0834. The zero-order valence-electron chi connectivity index (χ0n) is 17.4. The maximum atomic E-state index is 12.7. The maximum absolute atomic E-state index is 12.7. The van der Waals surface area contributed by atoms with Crippen LogP contribution >= 0.6 is 0 Å². The van der Waals surface area contributed by atoms with Gasteiger partial charge < -0.3 is 13.9 Å². The number of rotatable bonds is 8. The lowest BCUT2D eigenvalue weighted by Gasteiger charge is -2.12. The van der Waals surface area contributed by atoms with Crippen molar-refractivity contribution in [1.29, 1.82) is 0 Å². The maximum Gasteiger partial charge on any atom is 0.341 e. The highest BCUT2D eigenvalue weighted by atomic mass is 32.2. The van der Waals surface area contributed by atoms with E-state index in [-0.39, 0.29) is 39.8 Å². The van der Waals surface area contributed by atoms with Crippen molar-refractivity contribution in [3.8, 4) is 0 Å². The van der Waals surface area contributed by atoms with Crippen LogP contribution in [0, 0.1) is 17.0 Å². The van der Waals surface area contributed by atoms with Gasteiger partial charge >= 0.3 is 11.9 Å². The molecule has 0 unspecified atom stereocenters. The average Bonchev–Trinajstić information content (AvgIpc) is 3.17. The first-order valence-corrected chi connectivity index (χ1v) is 10.8. The van der Waals surface area contributed by atoms with E-state index in [0.717, 1.165) is 12.1 Å². The van der Waals surface area contributed by atoms with Gasteiger partial charge in [-0.05, 0) is 31.2 Å². The number of nitrogens with zero attached hydrogens (tertiary/aromatic N) is 1. The van der Waals surface area contributed by atoms with Gasteiger partial charge in [0, 0.05) is 12.1 Å². The number of aryl methyl sites for hydroxylation is 1. The molecule has 0 saturated carbocycles. The molecular weight excluding hydrogens is 456 g/mol. The fourth-order valence-corrected chi connectivity index (χ4v) is 3.98. The average molecular weight is 474 g/mol. The molecule has 0 radical (unpaired) electrons. The van der Waals surface area contributed by atoms with Crippen LogP contribution in [0.2, 0.25) is 0 Å². The number of nitro groups is 1. The van der Waals surface area contributed by atoms with Crippen LogP contribution in [0.3, 0.4) is 0 Å². The number of benzene rings is 2. The number of nitro benzene ring substituents is 1. The van der Waals surface area contributed by atoms with Crippen LogP contribution in [0.4, 0.5) is 11.4 Å². The lowest BCUT2D eigenvalue weighted by molar-refractivity contribution is -0.385. The summed E-state index contributed by atoms with van der Waals surface area (Å²) in [4.78, 5) is 34.2. The summed E-state index contributed by atoms with van der Waals surface area (Å²) in [5.41, 5.74) is -0.387. The number of hydrogen-bond acceptors (Lipinski definition) is 9. The lowest BCUT2D eigenvalue weighted by Crippen LogP contribution is -2.16. The third-order valence-corrected chi connectivity index (χ3v) is 5.81. The Morgan fingerprint density at radius 2 is 1.79 bits per heavy atom. The van der Waals surface area contributed by atoms with Gasteiger partial charge in [0.15, 0.2) is 0 Å². The number of carbonyl (C=O) groups is 2. The molecule has 172 valence electrons. The first-order chi connectivity index (χ1) is 15.6. The number of furan rings is 1. The number of ether oxygens (including phenoxy) is 2. The van der Waals surface area contributed by atoms with E-state index >= 15 is 0 Å². The van der Waals surface area contributed by atoms with E-state index in [1.54, 1.807) is 6.92 Å². The summed E-state index contributed by atoms with van der Waals surface area (Å²) < 4.78 is 42.9. The van der Waals surface area contributed by atoms with E-state index in [9.17, 15) is 28.1 Å². The number of anilines is 1. The molecule has 11 nitrogen and oxygen atoms in total. The second-order valence-corrected chi connectivity index (χ2v) is 8.34. The first-order valence-electron chi connectivity index (χ1n) is 9.33. The van der Waals surface area contributed by atoms with Crippen molar-refractivity contribution >= 4 is 33.3 Å². The summed E-state index contributed by atoms with van der Waals surface area (Å²) in [5.74, 6) is -0.982. The van der Waals surface area contributed by atoms with E-state index in [0.29, 0.717) is 0 Å². The highest BCUT2D eigenvalue weighted by Gasteiger charge is 2.22. The van der Waals surface area contributed by atoms with Crippen LogP contribution in [-0.2, 0) is 26.1 Å². The molecule has 0 bridgehead atoms. The molecule has 3 aromatic rings. The van der Waals surface area contributed by atoms with Crippen molar-refractivity contribution in [2.24, 2.45) is 0 Å². The molecule has 1 N–H and O–H groups in total. The Hall–Kier alpha value is -4.19. The SMILES string of the molecule is COC(=O)c1cc(COC(=O)c2ccccc2NS(=O)(=O)c2cccc([N+](=O)[O-])c2)oc1C. The van der Waals surface area contributed by atoms with Gasteiger partial charge in [-0.2, -0.15) is 0 Å². The minimum Gasteiger partial charge on any atom is -0.465 e. The molecule has 0 saturated heterocycles. The number of esters is 2. The largest absolute Gasteiger partial charge is 0.465 e. The van der Waals surface area contributed by atoms with Crippen LogP contribution in [0.1, 0.15) is 32.2 Å². The number of methoxy groups -OCH3 is 1. The zero-order chi connectivity index (χ0) is 24.2. The number of carbonyl (C=O) groups excluding carboxylic acids is 2. The molecule has 0 aliphatic carbocycles. The second-order valence-electron chi connectivity index (χ2n) is 6.66. The first kappa shape index (κ1) is 23.5. The smallest absolute Gasteiger partial charge is 0.341 e. The molecular formula is C21H18N2O9S. The number of para-hydroxylation sites is 1. The van der Waals surface area contributed by atoms with Gasteiger partial charge in [-0.1, -0.05) is 18.2 Å². The number of sulfonamides is 1. The van der Waals surface area contributed by atoms with Crippen molar-refractivity contribution < 1.29 is 36.8 Å². The third-order valence-electron chi connectivity index (χ3n) is 4.45.